The van der Waals surface area contributed by atoms with E-state index in [0.29, 0.717) is 5.70 Å². The number of carbonyl (C=O) groups excluding carboxylic acids is 1. The first kappa shape index (κ1) is 21.1. The molecule has 0 spiro atoms. The first-order chi connectivity index (χ1) is 15.0. The Bertz CT molecular complexity index is 1130. The highest BCUT2D eigenvalue weighted by atomic mass is 16.5. The number of nitrogens with two attached hydrogens (primary N) is 3. The molecule has 3 aromatic rings. The number of aryl methyl sites for hydroxylation is 1. The predicted molar refractivity (Wildman–Crippen MR) is 122 cm³/mol. The second-order valence-corrected chi connectivity index (χ2v) is 8.00. The quantitative estimate of drug-likeness (QED) is 0.253. The number of ether oxygens (including phenoxy) is 1. The molecule has 2 atom stereocenters. The van der Waals surface area contributed by atoms with E-state index in [1.54, 1.807) is 6.92 Å². The molecule has 0 radical (unpaired) electrons. The molecule has 1 aliphatic rings. The number of benzene rings is 3. The van der Waals surface area contributed by atoms with Gasteiger partial charge in [-0.1, -0.05) is 66.7 Å². The second kappa shape index (κ2) is 8.89. The van der Waals surface area contributed by atoms with E-state index >= 15 is 0 Å². The summed E-state index contributed by atoms with van der Waals surface area (Å²) >= 11 is 0. The molecule has 6 heteroatoms. The Morgan fingerprint density at radius 3 is 2.52 bits per heavy atom. The van der Waals surface area contributed by atoms with E-state index in [9.17, 15) is 4.79 Å². The number of fused-ring (bicyclic) bond motifs is 2. The van der Waals surface area contributed by atoms with E-state index in [1.807, 2.05) is 60.7 Å². The minimum atomic E-state index is -0.748. The van der Waals surface area contributed by atoms with Crippen LogP contribution in [0.1, 0.15) is 48.6 Å². The van der Waals surface area contributed by atoms with E-state index in [1.165, 1.54) is 5.56 Å². The molecule has 0 heterocycles. The maximum Gasteiger partial charge on any atom is 0.338 e. The number of allylic oxidation sites excluding steroid dienone is 1. The van der Waals surface area contributed by atoms with E-state index in [2.05, 4.69) is 6.07 Å². The fraction of sp³-hybridized carbons (Fsp3) is 0.240. The molecule has 6 N–H and O–H groups in total. The van der Waals surface area contributed by atoms with Crippen molar-refractivity contribution in [2.45, 2.75) is 38.3 Å². The van der Waals surface area contributed by atoms with Gasteiger partial charge in [0.15, 0.2) is 0 Å². The summed E-state index contributed by atoms with van der Waals surface area (Å²) in [6, 6.07) is 21.0. The Balaban J connectivity index is 1.72. The van der Waals surface area contributed by atoms with Crippen LogP contribution in [0.2, 0.25) is 0 Å². The molecule has 0 bridgehead atoms. The molecule has 6 nitrogen and oxygen atoms in total. The molecule has 3 aromatic carbocycles. The molecule has 160 valence electrons. The highest BCUT2D eigenvalue weighted by Gasteiger charge is 2.32. The van der Waals surface area contributed by atoms with Crippen molar-refractivity contribution in [1.82, 2.24) is 5.12 Å². The van der Waals surface area contributed by atoms with Crippen LogP contribution in [-0.2, 0) is 16.0 Å². The lowest BCUT2D eigenvalue weighted by atomic mass is 9.89. The van der Waals surface area contributed by atoms with Gasteiger partial charge < -0.3 is 10.5 Å². The van der Waals surface area contributed by atoms with Crippen LogP contribution in [0.5, 0.6) is 0 Å². The molecule has 0 fully saturated rings. The van der Waals surface area contributed by atoms with Crippen LogP contribution in [0.3, 0.4) is 0 Å². The van der Waals surface area contributed by atoms with Gasteiger partial charge in [-0.2, -0.15) is 5.12 Å². The largest absolute Gasteiger partial charge is 0.454 e. The number of carbonyl (C=O) groups is 1. The standard InChI is InChI=1S/C25H28N4O2/c1-16(26)23(25(30)31-22-15-7-11-18-9-3-5-13-20(18)22)24(29(27)28)21-14-6-10-17-8-2-4-12-19(17)21/h2-6,8-10,12-14,22,24H,7,11,15,26-28H2,1H3/b23-16+. The summed E-state index contributed by atoms with van der Waals surface area (Å²) in [7, 11) is 0. The zero-order valence-corrected chi connectivity index (χ0v) is 17.6. The third-order valence-corrected chi connectivity index (χ3v) is 5.90. The minimum absolute atomic E-state index is 0.254. The van der Waals surface area contributed by atoms with Gasteiger partial charge in [0.05, 0.1) is 11.6 Å². The van der Waals surface area contributed by atoms with Crippen LogP contribution >= 0.6 is 0 Å². The van der Waals surface area contributed by atoms with E-state index < -0.39 is 12.0 Å². The number of esters is 1. The first-order valence-electron chi connectivity index (χ1n) is 10.5. The summed E-state index contributed by atoms with van der Waals surface area (Å²) in [5, 5.41) is 3.00. The zero-order chi connectivity index (χ0) is 22.0. The molecular weight excluding hydrogens is 388 g/mol. The number of nitrogens with zero attached hydrogens (tertiary/aromatic N) is 1. The van der Waals surface area contributed by atoms with Crippen molar-refractivity contribution in [2.75, 3.05) is 0 Å². The summed E-state index contributed by atoms with van der Waals surface area (Å²) in [5.41, 5.74) is 9.84. The molecule has 1 aliphatic carbocycles. The Morgan fingerprint density at radius 2 is 1.74 bits per heavy atom. The monoisotopic (exact) mass is 416 g/mol. The lowest BCUT2D eigenvalue weighted by molar-refractivity contribution is -0.146. The van der Waals surface area contributed by atoms with Gasteiger partial charge in [0, 0.05) is 5.70 Å². The second-order valence-electron chi connectivity index (χ2n) is 8.00. The summed E-state index contributed by atoms with van der Waals surface area (Å²) < 4.78 is 5.99. The van der Waals surface area contributed by atoms with Crippen LogP contribution in [-0.4, -0.2) is 11.1 Å². The van der Waals surface area contributed by atoms with Crippen LogP contribution in [0.25, 0.3) is 10.8 Å². The van der Waals surface area contributed by atoms with Crippen LogP contribution in [0, 0.1) is 0 Å². The molecule has 0 aliphatic heterocycles. The number of hydrazine groups is 2. The Hall–Kier alpha value is -3.19. The van der Waals surface area contributed by atoms with Gasteiger partial charge in [-0.15, -0.1) is 0 Å². The van der Waals surface area contributed by atoms with Gasteiger partial charge in [-0.25, -0.2) is 4.79 Å². The smallest absolute Gasteiger partial charge is 0.338 e. The number of hydrogen-bond acceptors (Lipinski definition) is 6. The Morgan fingerprint density at radius 1 is 1.03 bits per heavy atom. The van der Waals surface area contributed by atoms with Gasteiger partial charge in [0.25, 0.3) is 0 Å². The van der Waals surface area contributed by atoms with Crippen molar-refractivity contribution < 1.29 is 9.53 Å². The van der Waals surface area contributed by atoms with Crippen molar-refractivity contribution >= 4 is 16.7 Å². The van der Waals surface area contributed by atoms with E-state index in [4.69, 9.17) is 22.2 Å². The summed E-state index contributed by atoms with van der Waals surface area (Å²) in [6.07, 6.45) is 2.40. The molecule has 0 aromatic heterocycles. The van der Waals surface area contributed by atoms with Crippen molar-refractivity contribution in [3.05, 3.63) is 94.7 Å². The van der Waals surface area contributed by atoms with Crippen molar-refractivity contribution in [2.24, 2.45) is 17.4 Å². The third kappa shape index (κ3) is 4.18. The molecular formula is C25H28N4O2. The van der Waals surface area contributed by atoms with Gasteiger partial charge >= 0.3 is 5.97 Å². The SMILES string of the molecule is C/C(N)=C(\C(=O)OC1CCCc2ccccc21)C(c1cccc2ccccc12)N(N)N. The molecule has 2 unspecified atom stereocenters. The van der Waals surface area contributed by atoms with Crippen molar-refractivity contribution in [3.8, 4) is 0 Å². The molecule has 0 saturated carbocycles. The normalized spacial score (nSPS) is 17.7. The molecule has 0 saturated heterocycles. The van der Waals surface area contributed by atoms with Crippen LogP contribution in [0.15, 0.2) is 78.0 Å². The third-order valence-electron chi connectivity index (χ3n) is 5.90. The summed E-state index contributed by atoms with van der Waals surface area (Å²) in [6.45, 7) is 1.67. The lowest BCUT2D eigenvalue weighted by Gasteiger charge is -2.30. The maximum absolute atomic E-state index is 13.4. The average molecular weight is 417 g/mol. The van der Waals surface area contributed by atoms with Crippen molar-refractivity contribution in [3.63, 3.8) is 0 Å². The van der Waals surface area contributed by atoms with Gasteiger partial charge in [0.2, 0.25) is 0 Å². The highest BCUT2D eigenvalue weighted by molar-refractivity contribution is 5.94. The minimum Gasteiger partial charge on any atom is -0.454 e. The van der Waals surface area contributed by atoms with Crippen molar-refractivity contribution in [1.29, 1.82) is 0 Å². The van der Waals surface area contributed by atoms with E-state index in [0.717, 1.165) is 46.3 Å². The predicted octanol–water partition coefficient (Wildman–Crippen LogP) is 3.78. The lowest BCUT2D eigenvalue weighted by Crippen LogP contribution is -2.44. The topological polar surface area (TPSA) is 108 Å². The van der Waals surface area contributed by atoms with Gasteiger partial charge in [-0.05, 0) is 53.6 Å². The van der Waals surface area contributed by atoms with Gasteiger partial charge in [0.1, 0.15) is 6.10 Å². The molecule has 31 heavy (non-hydrogen) atoms. The summed E-state index contributed by atoms with van der Waals surface area (Å²) in [4.78, 5) is 13.4. The number of rotatable bonds is 5. The first-order valence-corrected chi connectivity index (χ1v) is 10.5. The average Bonchev–Trinajstić information content (AvgIpc) is 2.77. The van der Waals surface area contributed by atoms with Gasteiger partial charge in [-0.3, -0.25) is 11.7 Å². The fourth-order valence-electron chi connectivity index (χ4n) is 4.47. The Kier molecular flexibility index (Phi) is 6.04. The molecule has 0 amide bonds. The van der Waals surface area contributed by atoms with Crippen LogP contribution < -0.4 is 17.4 Å². The van der Waals surface area contributed by atoms with E-state index in [-0.39, 0.29) is 11.7 Å². The highest BCUT2D eigenvalue weighted by Crippen LogP contribution is 2.36. The number of hydrogen-bond donors (Lipinski definition) is 3. The molecule has 4 rings (SSSR count). The Labute approximate surface area is 182 Å². The summed E-state index contributed by atoms with van der Waals surface area (Å²) in [5.74, 6) is 11.6. The maximum atomic E-state index is 13.4. The fourth-order valence-corrected chi connectivity index (χ4v) is 4.47. The van der Waals surface area contributed by atoms with Crippen LogP contribution in [0.4, 0.5) is 0 Å². The zero-order valence-electron chi connectivity index (χ0n) is 17.6.